The van der Waals surface area contributed by atoms with Gasteiger partial charge in [0.2, 0.25) is 0 Å². The minimum Gasteiger partial charge on any atom is -0.496 e. The number of halogens is 2. The van der Waals surface area contributed by atoms with Crippen molar-refractivity contribution in [3.05, 3.63) is 72.3 Å². The number of hydrogen-bond donors (Lipinski definition) is 0. The van der Waals surface area contributed by atoms with Gasteiger partial charge >= 0.3 is 0 Å². The third-order valence-corrected chi connectivity index (χ3v) is 5.31. The van der Waals surface area contributed by atoms with Crippen molar-refractivity contribution in [2.75, 3.05) is 7.11 Å². The molecule has 1 heterocycles. The maximum atomic E-state index is 13.5. The molecule has 0 radical (unpaired) electrons. The van der Waals surface area contributed by atoms with Crippen LogP contribution in [0.4, 0.5) is 8.78 Å². The highest BCUT2D eigenvalue weighted by Gasteiger charge is 2.23. The fourth-order valence-corrected chi connectivity index (χ4v) is 3.73. The molecule has 0 aliphatic heterocycles. The zero-order chi connectivity index (χ0) is 21.0. The number of carbonyl (C=O) groups is 1. The Balaban J connectivity index is 1.90. The summed E-state index contributed by atoms with van der Waals surface area (Å²) in [4.78, 5) is 12.7. The van der Waals surface area contributed by atoms with Crippen LogP contribution in [0.25, 0.3) is 11.4 Å². The highest BCUT2D eigenvalue weighted by Crippen LogP contribution is 2.32. The molecule has 1 atom stereocenters. The topological polar surface area (TPSA) is 57.0 Å². The molecule has 0 spiro atoms. The van der Waals surface area contributed by atoms with E-state index in [1.807, 2.05) is 28.8 Å². The van der Waals surface area contributed by atoms with Gasteiger partial charge in [0.15, 0.2) is 28.4 Å². The molecule has 0 bridgehead atoms. The van der Waals surface area contributed by atoms with E-state index in [4.69, 9.17) is 4.74 Å². The second-order valence-electron chi connectivity index (χ2n) is 6.16. The van der Waals surface area contributed by atoms with E-state index < -0.39 is 16.9 Å². The van der Waals surface area contributed by atoms with Crippen LogP contribution in [0.1, 0.15) is 17.3 Å². The lowest BCUT2D eigenvalue weighted by molar-refractivity contribution is 0.0993. The summed E-state index contributed by atoms with van der Waals surface area (Å²) in [5.41, 5.74) is 0.861. The van der Waals surface area contributed by atoms with Crippen LogP contribution >= 0.6 is 11.8 Å². The van der Waals surface area contributed by atoms with E-state index in [-0.39, 0.29) is 11.3 Å². The predicted molar refractivity (Wildman–Crippen MR) is 108 cm³/mol. The van der Waals surface area contributed by atoms with E-state index >= 15 is 0 Å². The highest BCUT2D eigenvalue weighted by molar-refractivity contribution is 8.00. The molecule has 3 aromatic rings. The second-order valence-corrected chi connectivity index (χ2v) is 7.47. The van der Waals surface area contributed by atoms with Crippen molar-refractivity contribution in [3.63, 3.8) is 0 Å². The Hall–Kier alpha value is -3.00. The van der Waals surface area contributed by atoms with Gasteiger partial charge in [0.1, 0.15) is 5.75 Å². The molecule has 0 saturated carbocycles. The molecule has 0 saturated heterocycles. The summed E-state index contributed by atoms with van der Waals surface area (Å²) in [6.45, 7) is 5.88. The Bertz CT molecular complexity index is 1050. The van der Waals surface area contributed by atoms with Crippen molar-refractivity contribution in [2.24, 2.45) is 0 Å². The number of para-hydroxylation sites is 1. The van der Waals surface area contributed by atoms with Gasteiger partial charge in [-0.1, -0.05) is 30.0 Å². The Labute approximate surface area is 171 Å². The molecule has 29 heavy (non-hydrogen) atoms. The quantitative estimate of drug-likeness (QED) is 0.301. The van der Waals surface area contributed by atoms with Gasteiger partial charge in [-0.15, -0.1) is 16.8 Å². The Morgan fingerprint density at radius 1 is 1.24 bits per heavy atom. The van der Waals surface area contributed by atoms with Crippen molar-refractivity contribution in [1.82, 2.24) is 14.8 Å². The molecule has 0 fully saturated rings. The largest absolute Gasteiger partial charge is 0.496 e. The van der Waals surface area contributed by atoms with Gasteiger partial charge in [-0.3, -0.25) is 9.36 Å². The lowest BCUT2D eigenvalue weighted by atomic mass is 10.1. The zero-order valence-corrected chi connectivity index (χ0v) is 16.7. The maximum absolute atomic E-state index is 13.5. The van der Waals surface area contributed by atoms with Crippen molar-refractivity contribution in [3.8, 4) is 17.1 Å². The number of Topliss-reactive ketones (excluding diaryl/α,β-unsaturated/α-hetero) is 1. The normalized spacial score (nSPS) is 11.9. The first-order chi connectivity index (χ1) is 14.0. The van der Waals surface area contributed by atoms with Crippen LogP contribution in [0.15, 0.2) is 60.3 Å². The molecular formula is C21H19F2N3O2S. The monoisotopic (exact) mass is 415 g/mol. The number of benzene rings is 2. The Morgan fingerprint density at radius 2 is 2.00 bits per heavy atom. The number of ketones is 1. The number of nitrogens with zero attached hydrogens (tertiary/aromatic N) is 3. The number of thioether (sulfide) groups is 1. The number of carbonyl (C=O) groups excluding carboxylic acids is 1. The fraction of sp³-hybridized carbons (Fsp3) is 0.190. The fourth-order valence-electron chi connectivity index (χ4n) is 2.79. The Morgan fingerprint density at radius 3 is 2.69 bits per heavy atom. The summed E-state index contributed by atoms with van der Waals surface area (Å²) in [6.07, 6.45) is 1.70. The third-order valence-electron chi connectivity index (χ3n) is 4.23. The van der Waals surface area contributed by atoms with Crippen LogP contribution in [0.2, 0.25) is 0 Å². The molecule has 0 N–H and O–H groups in total. The van der Waals surface area contributed by atoms with E-state index in [0.29, 0.717) is 23.3 Å². The molecule has 5 nitrogen and oxygen atoms in total. The minimum absolute atomic E-state index is 0.101. The van der Waals surface area contributed by atoms with Gasteiger partial charge in [-0.05, 0) is 37.3 Å². The molecule has 0 amide bonds. The number of allylic oxidation sites excluding steroid dienone is 1. The standard InChI is InChI=1S/C21H19F2N3O2S/c1-4-11-26-20(15-7-5-6-8-18(15)28-3)24-25-21(26)29-13(2)19(27)14-9-10-16(22)17(23)12-14/h4-10,12-13H,1,11H2,2-3H3. The van der Waals surface area contributed by atoms with Gasteiger partial charge in [0.05, 0.1) is 17.9 Å². The maximum Gasteiger partial charge on any atom is 0.192 e. The lowest BCUT2D eigenvalue weighted by Crippen LogP contribution is -2.15. The first-order valence-corrected chi connectivity index (χ1v) is 9.67. The van der Waals surface area contributed by atoms with Gasteiger partial charge in [0.25, 0.3) is 0 Å². The summed E-state index contributed by atoms with van der Waals surface area (Å²) in [7, 11) is 1.57. The van der Waals surface area contributed by atoms with Crippen LogP contribution in [-0.2, 0) is 6.54 Å². The highest BCUT2D eigenvalue weighted by atomic mass is 32.2. The van der Waals surface area contributed by atoms with Gasteiger partial charge in [0, 0.05) is 12.1 Å². The number of hydrogen-bond acceptors (Lipinski definition) is 5. The third kappa shape index (κ3) is 4.37. The Kier molecular flexibility index (Phi) is 6.43. The summed E-state index contributed by atoms with van der Waals surface area (Å²) >= 11 is 1.19. The molecule has 0 aliphatic rings. The van der Waals surface area contributed by atoms with Gasteiger partial charge < -0.3 is 4.74 Å². The average molecular weight is 415 g/mol. The number of rotatable bonds is 8. The van der Waals surface area contributed by atoms with Crippen molar-refractivity contribution in [2.45, 2.75) is 23.9 Å². The zero-order valence-electron chi connectivity index (χ0n) is 15.9. The summed E-state index contributed by atoms with van der Waals surface area (Å²) in [5.74, 6) is -1.15. The van der Waals surface area contributed by atoms with Crippen molar-refractivity contribution in [1.29, 1.82) is 0 Å². The first-order valence-electron chi connectivity index (χ1n) is 8.79. The molecule has 1 unspecified atom stereocenters. The first kappa shape index (κ1) is 20.7. The number of ether oxygens (including phenoxy) is 1. The van der Waals surface area contributed by atoms with Gasteiger partial charge in [-0.2, -0.15) is 0 Å². The molecular weight excluding hydrogens is 396 g/mol. The van der Waals surface area contributed by atoms with E-state index in [9.17, 15) is 13.6 Å². The van der Waals surface area contributed by atoms with E-state index in [1.165, 1.54) is 17.8 Å². The molecule has 150 valence electrons. The van der Waals surface area contributed by atoms with Crippen molar-refractivity contribution >= 4 is 17.5 Å². The van der Waals surface area contributed by atoms with E-state index in [1.54, 1.807) is 20.1 Å². The van der Waals surface area contributed by atoms with E-state index in [0.717, 1.165) is 17.7 Å². The average Bonchev–Trinajstić information content (AvgIpc) is 3.11. The minimum atomic E-state index is -1.05. The van der Waals surface area contributed by atoms with E-state index in [2.05, 4.69) is 16.8 Å². The van der Waals surface area contributed by atoms with Crippen LogP contribution < -0.4 is 4.74 Å². The van der Waals surface area contributed by atoms with Gasteiger partial charge in [-0.25, -0.2) is 8.78 Å². The van der Waals surface area contributed by atoms with Crippen LogP contribution in [0.3, 0.4) is 0 Å². The van der Waals surface area contributed by atoms with Crippen molar-refractivity contribution < 1.29 is 18.3 Å². The lowest BCUT2D eigenvalue weighted by Gasteiger charge is -2.13. The summed E-state index contributed by atoms with van der Waals surface area (Å²) in [5, 5.41) is 8.41. The number of aromatic nitrogens is 3. The van der Waals surface area contributed by atoms with Crippen LogP contribution in [0, 0.1) is 11.6 Å². The summed E-state index contributed by atoms with van der Waals surface area (Å²) < 4.78 is 33.8. The molecule has 1 aromatic heterocycles. The SMILES string of the molecule is C=CCn1c(SC(C)C(=O)c2ccc(F)c(F)c2)nnc1-c1ccccc1OC. The molecule has 8 heteroatoms. The predicted octanol–water partition coefficient (Wildman–Crippen LogP) is 4.78. The number of methoxy groups -OCH3 is 1. The molecule has 3 rings (SSSR count). The second kappa shape index (κ2) is 9.00. The van der Waals surface area contributed by atoms with Crippen LogP contribution in [-0.4, -0.2) is 32.9 Å². The smallest absolute Gasteiger partial charge is 0.192 e. The molecule has 2 aromatic carbocycles. The van der Waals surface area contributed by atoms with Crippen LogP contribution in [0.5, 0.6) is 5.75 Å². The summed E-state index contributed by atoms with van der Waals surface area (Å²) in [6, 6.07) is 10.5. The molecule has 0 aliphatic carbocycles.